The number of aromatic nitrogens is 2. The van der Waals surface area contributed by atoms with Crippen LogP contribution in [0.3, 0.4) is 0 Å². The molecule has 0 spiro atoms. The highest BCUT2D eigenvalue weighted by Gasteiger charge is 2.23. The molecule has 6 N–H and O–H groups in total. The lowest BCUT2D eigenvalue weighted by Gasteiger charge is -2.16. The van der Waals surface area contributed by atoms with Crippen molar-refractivity contribution in [2.75, 3.05) is 17.6 Å². The minimum absolute atomic E-state index is 0.133. The summed E-state index contributed by atoms with van der Waals surface area (Å²) in [5.41, 5.74) is 11.4. The summed E-state index contributed by atoms with van der Waals surface area (Å²) >= 11 is 0. The first-order valence-electron chi connectivity index (χ1n) is 5.51. The maximum Gasteiger partial charge on any atom is 0.276 e. The number of nitrogens with zero attached hydrogens (tertiary/aromatic N) is 1. The summed E-state index contributed by atoms with van der Waals surface area (Å²) in [6, 6.07) is 0.246. The van der Waals surface area contributed by atoms with Crippen molar-refractivity contribution in [3.8, 4) is 0 Å². The summed E-state index contributed by atoms with van der Waals surface area (Å²) in [6.07, 6.45) is 4.71. The van der Waals surface area contributed by atoms with Crippen molar-refractivity contribution in [2.45, 2.75) is 25.3 Å². The van der Waals surface area contributed by atoms with Crippen LogP contribution < -0.4 is 22.3 Å². The summed E-state index contributed by atoms with van der Waals surface area (Å²) in [6.45, 7) is 0.724. The first-order chi connectivity index (χ1) is 7.68. The molecule has 0 amide bonds. The van der Waals surface area contributed by atoms with E-state index in [4.69, 9.17) is 11.5 Å². The number of H-pyrrole nitrogens is 1. The van der Waals surface area contributed by atoms with Gasteiger partial charge in [-0.3, -0.25) is 4.79 Å². The number of hydrogen-bond acceptors (Lipinski definition) is 5. The van der Waals surface area contributed by atoms with Gasteiger partial charge in [-0.1, -0.05) is 6.42 Å². The minimum atomic E-state index is -0.312. The number of rotatable bonds is 3. The molecule has 1 fully saturated rings. The number of nitrogens with one attached hydrogen (secondary N) is 2. The lowest BCUT2D eigenvalue weighted by Crippen LogP contribution is -2.30. The van der Waals surface area contributed by atoms with Crippen LogP contribution in [0.2, 0.25) is 0 Å². The predicted molar refractivity (Wildman–Crippen MR) is 63.1 cm³/mol. The lowest BCUT2D eigenvalue weighted by atomic mass is 10.1. The highest BCUT2D eigenvalue weighted by molar-refractivity contribution is 5.58. The second-order valence-corrected chi connectivity index (χ2v) is 4.23. The van der Waals surface area contributed by atoms with E-state index in [1.807, 2.05) is 0 Å². The first-order valence-corrected chi connectivity index (χ1v) is 5.51. The highest BCUT2D eigenvalue weighted by atomic mass is 16.1. The van der Waals surface area contributed by atoms with Crippen molar-refractivity contribution < 1.29 is 0 Å². The van der Waals surface area contributed by atoms with Crippen LogP contribution in [0.25, 0.3) is 0 Å². The fourth-order valence-electron chi connectivity index (χ4n) is 2.10. The molecule has 1 aliphatic rings. The van der Waals surface area contributed by atoms with E-state index in [2.05, 4.69) is 15.3 Å². The molecular weight excluding hydrogens is 206 g/mol. The van der Waals surface area contributed by atoms with Gasteiger partial charge in [0.15, 0.2) is 5.82 Å². The lowest BCUT2D eigenvalue weighted by molar-refractivity contribution is 0.504. The maximum absolute atomic E-state index is 11.2. The monoisotopic (exact) mass is 223 g/mol. The molecule has 1 saturated carbocycles. The molecule has 0 saturated heterocycles. The topological polar surface area (TPSA) is 110 Å². The van der Waals surface area contributed by atoms with Crippen LogP contribution in [0, 0.1) is 5.92 Å². The van der Waals surface area contributed by atoms with E-state index in [-0.39, 0.29) is 17.3 Å². The van der Waals surface area contributed by atoms with Crippen LogP contribution >= 0.6 is 0 Å². The van der Waals surface area contributed by atoms with Gasteiger partial charge in [-0.05, 0) is 18.8 Å². The number of nitrogens with two attached hydrogens (primary N) is 2. The van der Waals surface area contributed by atoms with Gasteiger partial charge in [-0.25, -0.2) is 4.98 Å². The fourth-order valence-corrected chi connectivity index (χ4v) is 2.10. The third-order valence-corrected chi connectivity index (χ3v) is 3.14. The SMILES string of the molecule is Nc1c(NCC2CCCC2N)nc[nH]c1=O. The van der Waals surface area contributed by atoms with Crippen LogP contribution in [-0.4, -0.2) is 22.6 Å². The Balaban J connectivity index is 1.99. The van der Waals surface area contributed by atoms with Crippen molar-refractivity contribution in [3.05, 3.63) is 16.7 Å². The zero-order chi connectivity index (χ0) is 11.5. The first kappa shape index (κ1) is 10.9. The molecule has 16 heavy (non-hydrogen) atoms. The molecule has 2 unspecified atom stereocenters. The number of anilines is 2. The smallest absolute Gasteiger partial charge is 0.276 e. The van der Waals surface area contributed by atoms with Crippen molar-refractivity contribution in [1.82, 2.24) is 9.97 Å². The van der Waals surface area contributed by atoms with E-state index in [0.717, 1.165) is 19.4 Å². The molecule has 1 aromatic rings. The van der Waals surface area contributed by atoms with Crippen molar-refractivity contribution in [2.24, 2.45) is 11.7 Å². The average Bonchev–Trinajstić information content (AvgIpc) is 2.67. The molecule has 2 atom stereocenters. The summed E-state index contributed by atoms with van der Waals surface area (Å²) in [5, 5.41) is 3.09. The average molecular weight is 223 g/mol. The standard InChI is InChI=1S/C10H17N5O/c11-7-3-1-2-6(7)4-13-9-8(12)10(16)15-5-14-9/h5-7H,1-4,11-12H2,(H2,13,14,15,16). The van der Waals surface area contributed by atoms with Crippen LogP contribution in [-0.2, 0) is 0 Å². The third kappa shape index (κ3) is 2.16. The van der Waals surface area contributed by atoms with E-state index >= 15 is 0 Å². The van der Waals surface area contributed by atoms with Gasteiger partial charge < -0.3 is 21.8 Å². The summed E-state index contributed by atoms with van der Waals surface area (Å²) in [5.74, 6) is 0.892. The van der Waals surface area contributed by atoms with Crippen LogP contribution in [0.4, 0.5) is 11.5 Å². The molecule has 6 heteroatoms. The van der Waals surface area contributed by atoms with E-state index in [0.29, 0.717) is 11.7 Å². The summed E-state index contributed by atoms with van der Waals surface area (Å²) < 4.78 is 0. The maximum atomic E-state index is 11.2. The van der Waals surface area contributed by atoms with Crippen LogP contribution in [0.5, 0.6) is 0 Å². The van der Waals surface area contributed by atoms with Gasteiger partial charge in [-0.2, -0.15) is 0 Å². The van der Waals surface area contributed by atoms with E-state index in [1.165, 1.54) is 12.7 Å². The molecule has 2 rings (SSSR count). The Morgan fingerprint density at radius 3 is 3.06 bits per heavy atom. The fraction of sp³-hybridized carbons (Fsp3) is 0.600. The van der Waals surface area contributed by atoms with E-state index in [9.17, 15) is 4.79 Å². The summed E-state index contributed by atoms with van der Waals surface area (Å²) in [4.78, 5) is 17.6. The Labute approximate surface area is 93.4 Å². The molecule has 0 aromatic carbocycles. The summed E-state index contributed by atoms with van der Waals surface area (Å²) in [7, 11) is 0. The van der Waals surface area contributed by atoms with E-state index < -0.39 is 0 Å². The van der Waals surface area contributed by atoms with E-state index in [1.54, 1.807) is 0 Å². The van der Waals surface area contributed by atoms with Gasteiger partial charge >= 0.3 is 0 Å². The zero-order valence-corrected chi connectivity index (χ0v) is 9.07. The molecule has 0 bridgehead atoms. The number of aromatic amines is 1. The Morgan fingerprint density at radius 2 is 2.38 bits per heavy atom. The van der Waals surface area contributed by atoms with Crippen LogP contribution in [0.15, 0.2) is 11.1 Å². The van der Waals surface area contributed by atoms with Gasteiger partial charge in [0.2, 0.25) is 0 Å². The molecule has 0 aliphatic heterocycles. The number of nitrogen functional groups attached to an aromatic ring is 1. The molecular formula is C10H17N5O. The predicted octanol–water partition coefficient (Wildman–Crippen LogP) is -0.109. The molecule has 6 nitrogen and oxygen atoms in total. The van der Waals surface area contributed by atoms with Gasteiger partial charge in [0, 0.05) is 12.6 Å². The minimum Gasteiger partial charge on any atom is -0.391 e. The van der Waals surface area contributed by atoms with Crippen molar-refractivity contribution >= 4 is 11.5 Å². The highest BCUT2D eigenvalue weighted by Crippen LogP contribution is 2.24. The molecule has 1 aromatic heterocycles. The molecule has 88 valence electrons. The van der Waals surface area contributed by atoms with Gasteiger partial charge in [0.1, 0.15) is 5.69 Å². The normalized spacial score (nSPS) is 24.6. The Hall–Kier alpha value is -1.56. The molecule has 1 heterocycles. The van der Waals surface area contributed by atoms with Gasteiger partial charge in [0.25, 0.3) is 5.56 Å². The van der Waals surface area contributed by atoms with Crippen LogP contribution in [0.1, 0.15) is 19.3 Å². The van der Waals surface area contributed by atoms with Crippen molar-refractivity contribution in [1.29, 1.82) is 0 Å². The Morgan fingerprint density at radius 1 is 1.56 bits per heavy atom. The Kier molecular flexibility index (Phi) is 3.09. The zero-order valence-electron chi connectivity index (χ0n) is 9.07. The van der Waals surface area contributed by atoms with Gasteiger partial charge in [-0.15, -0.1) is 0 Å². The quantitative estimate of drug-likeness (QED) is 0.571. The number of hydrogen-bond donors (Lipinski definition) is 4. The second kappa shape index (κ2) is 4.52. The largest absolute Gasteiger partial charge is 0.391 e. The van der Waals surface area contributed by atoms with Crippen molar-refractivity contribution in [3.63, 3.8) is 0 Å². The van der Waals surface area contributed by atoms with Gasteiger partial charge in [0.05, 0.1) is 6.33 Å². The Bertz CT molecular complexity index is 416. The molecule has 0 radical (unpaired) electrons. The second-order valence-electron chi connectivity index (χ2n) is 4.23. The third-order valence-electron chi connectivity index (χ3n) is 3.14. The molecule has 1 aliphatic carbocycles.